The van der Waals surface area contributed by atoms with E-state index >= 15 is 0 Å². The van der Waals surface area contributed by atoms with Crippen molar-refractivity contribution in [2.24, 2.45) is 7.05 Å². The van der Waals surface area contributed by atoms with Crippen molar-refractivity contribution >= 4 is 40.9 Å². The number of amides is 1. The zero-order valence-electron chi connectivity index (χ0n) is 10.2. The number of hydrogen-bond acceptors (Lipinski definition) is 3. The molecule has 1 amide bonds. The molecule has 6 nitrogen and oxygen atoms in total. The molecular formula is C12H9Cl2N3O3. The van der Waals surface area contributed by atoms with Crippen LogP contribution in [-0.4, -0.2) is 26.5 Å². The Kier molecular flexibility index (Phi) is 3.96. The van der Waals surface area contributed by atoms with E-state index < -0.39 is 11.9 Å². The summed E-state index contributed by atoms with van der Waals surface area (Å²) in [6.07, 6.45) is 1.30. The highest BCUT2D eigenvalue weighted by Crippen LogP contribution is 2.25. The molecule has 2 aromatic heterocycles. The summed E-state index contributed by atoms with van der Waals surface area (Å²) in [6, 6.07) is 4.00. The Balaban J connectivity index is 2.25. The molecule has 104 valence electrons. The fourth-order valence-electron chi connectivity index (χ4n) is 1.57. The van der Waals surface area contributed by atoms with Gasteiger partial charge in [-0.1, -0.05) is 23.2 Å². The van der Waals surface area contributed by atoms with Crippen molar-refractivity contribution in [1.29, 1.82) is 0 Å². The Morgan fingerprint density at radius 1 is 1.35 bits per heavy atom. The van der Waals surface area contributed by atoms with Gasteiger partial charge < -0.3 is 15.0 Å². The lowest BCUT2D eigenvalue weighted by Crippen LogP contribution is -2.16. The molecule has 2 N–H and O–H groups in total. The predicted molar refractivity (Wildman–Crippen MR) is 74.6 cm³/mol. The van der Waals surface area contributed by atoms with Crippen LogP contribution in [0.15, 0.2) is 24.4 Å². The highest BCUT2D eigenvalue weighted by atomic mass is 35.5. The average Bonchev–Trinajstić information content (AvgIpc) is 2.67. The monoisotopic (exact) mass is 313 g/mol. The summed E-state index contributed by atoms with van der Waals surface area (Å²) in [5, 5.41) is 11.8. The van der Waals surface area contributed by atoms with Gasteiger partial charge in [-0.2, -0.15) is 0 Å². The molecule has 0 fully saturated rings. The first-order chi connectivity index (χ1) is 9.40. The van der Waals surface area contributed by atoms with E-state index in [1.807, 2.05) is 0 Å². The van der Waals surface area contributed by atoms with Gasteiger partial charge in [0, 0.05) is 13.2 Å². The van der Waals surface area contributed by atoms with E-state index in [2.05, 4.69) is 10.3 Å². The summed E-state index contributed by atoms with van der Waals surface area (Å²) in [5.41, 5.74) is 0.265. The smallest absolute Gasteiger partial charge is 0.335 e. The van der Waals surface area contributed by atoms with Gasteiger partial charge in [0.2, 0.25) is 0 Å². The molecule has 8 heteroatoms. The number of rotatable bonds is 3. The summed E-state index contributed by atoms with van der Waals surface area (Å²) in [4.78, 5) is 26.8. The number of pyridine rings is 1. The van der Waals surface area contributed by atoms with Crippen molar-refractivity contribution in [3.05, 3.63) is 45.8 Å². The standard InChI is InChI=1S/C12H9Cl2N3O3/c1-17-8(5-7(13)10(17)14)11(18)16-9-4-6(12(19)20)2-3-15-9/h2-5H,1H3,(H,19,20)(H,15,16,18). The van der Waals surface area contributed by atoms with Gasteiger partial charge in [-0.25, -0.2) is 9.78 Å². The zero-order chi connectivity index (χ0) is 14.9. The molecule has 2 heterocycles. The number of carbonyl (C=O) groups excluding carboxylic acids is 1. The SMILES string of the molecule is Cn1c(C(=O)Nc2cc(C(=O)O)ccn2)cc(Cl)c1Cl. The minimum Gasteiger partial charge on any atom is -0.478 e. The van der Waals surface area contributed by atoms with Gasteiger partial charge in [-0.05, 0) is 18.2 Å². The van der Waals surface area contributed by atoms with Crippen molar-refractivity contribution in [1.82, 2.24) is 9.55 Å². The van der Waals surface area contributed by atoms with Gasteiger partial charge in [-0.3, -0.25) is 4.79 Å². The lowest BCUT2D eigenvalue weighted by atomic mass is 10.2. The second-order valence-electron chi connectivity index (χ2n) is 3.92. The number of carboxylic acid groups (broad SMARTS) is 1. The van der Waals surface area contributed by atoms with E-state index in [1.165, 1.54) is 29.0 Å². The van der Waals surface area contributed by atoms with E-state index in [9.17, 15) is 9.59 Å². The molecule has 0 bridgehead atoms. The van der Waals surface area contributed by atoms with Crippen molar-refractivity contribution < 1.29 is 14.7 Å². The van der Waals surface area contributed by atoms with E-state index in [0.29, 0.717) is 0 Å². The van der Waals surface area contributed by atoms with Crippen molar-refractivity contribution in [3.8, 4) is 0 Å². The second kappa shape index (κ2) is 5.52. The van der Waals surface area contributed by atoms with Gasteiger partial charge in [0.1, 0.15) is 16.7 Å². The van der Waals surface area contributed by atoms with Crippen LogP contribution >= 0.6 is 23.2 Å². The molecule has 0 unspecified atom stereocenters. The van der Waals surface area contributed by atoms with Crippen LogP contribution in [0.2, 0.25) is 10.2 Å². The summed E-state index contributed by atoms with van der Waals surface area (Å²) in [6.45, 7) is 0. The van der Waals surface area contributed by atoms with E-state index in [1.54, 1.807) is 7.05 Å². The van der Waals surface area contributed by atoms with Crippen LogP contribution in [0, 0.1) is 0 Å². The number of nitrogens with one attached hydrogen (secondary N) is 1. The Morgan fingerprint density at radius 2 is 2.05 bits per heavy atom. The van der Waals surface area contributed by atoms with Crippen LogP contribution in [0.5, 0.6) is 0 Å². The third-order valence-corrected chi connectivity index (χ3v) is 3.44. The van der Waals surface area contributed by atoms with Gasteiger partial charge in [0.15, 0.2) is 0 Å². The molecule has 0 saturated heterocycles. The fraction of sp³-hybridized carbons (Fsp3) is 0.0833. The number of halogens is 2. The summed E-state index contributed by atoms with van der Waals surface area (Å²) in [7, 11) is 1.59. The Hall–Kier alpha value is -2.05. The summed E-state index contributed by atoms with van der Waals surface area (Å²) >= 11 is 11.7. The molecular weight excluding hydrogens is 305 g/mol. The third kappa shape index (κ3) is 2.76. The highest BCUT2D eigenvalue weighted by Gasteiger charge is 2.16. The third-order valence-electron chi connectivity index (χ3n) is 2.60. The molecule has 0 atom stereocenters. The maximum absolute atomic E-state index is 12.0. The Bertz CT molecular complexity index is 697. The van der Waals surface area contributed by atoms with Crippen LogP contribution in [0.4, 0.5) is 5.82 Å². The quantitative estimate of drug-likeness (QED) is 0.912. The van der Waals surface area contributed by atoms with Crippen LogP contribution < -0.4 is 5.32 Å². The molecule has 20 heavy (non-hydrogen) atoms. The first-order valence-corrected chi connectivity index (χ1v) is 6.17. The predicted octanol–water partition coefficient (Wildman–Crippen LogP) is 2.68. The number of hydrogen-bond donors (Lipinski definition) is 2. The largest absolute Gasteiger partial charge is 0.478 e. The van der Waals surface area contributed by atoms with Crippen LogP contribution in [0.25, 0.3) is 0 Å². The number of anilines is 1. The molecule has 0 saturated carbocycles. The lowest BCUT2D eigenvalue weighted by molar-refractivity contribution is 0.0696. The van der Waals surface area contributed by atoms with E-state index in [-0.39, 0.29) is 27.3 Å². The van der Waals surface area contributed by atoms with Crippen molar-refractivity contribution in [3.63, 3.8) is 0 Å². The van der Waals surface area contributed by atoms with E-state index in [4.69, 9.17) is 28.3 Å². The minimum atomic E-state index is -1.10. The molecule has 0 aliphatic carbocycles. The maximum Gasteiger partial charge on any atom is 0.335 e. The Morgan fingerprint density at radius 3 is 2.60 bits per heavy atom. The minimum absolute atomic E-state index is 0.0262. The number of aromatic carboxylic acids is 1. The first kappa shape index (κ1) is 14.4. The Labute approximate surface area is 123 Å². The lowest BCUT2D eigenvalue weighted by Gasteiger charge is -2.06. The number of carboxylic acids is 1. The van der Waals surface area contributed by atoms with Crippen LogP contribution in [-0.2, 0) is 7.05 Å². The number of nitrogens with zero attached hydrogens (tertiary/aromatic N) is 2. The molecule has 2 rings (SSSR count). The number of aromatic nitrogens is 2. The van der Waals surface area contributed by atoms with Crippen molar-refractivity contribution in [2.75, 3.05) is 5.32 Å². The highest BCUT2D eigenvalue weighted by molar-refractivity contribution is 6.42. The molecule has 0 aliphatic rings. The van der Waals surface area contributed by atoms with Gasteiger partial charge in [0.25, 0.3) is 5.91 Å². The van der Waals surface area contributed by atoms with Crippen LogP contribution in [0.1, 0.15) is 20.8 Å². The maximum atomic E-state index is 12.0. The van der Waals surface area contributed by atoms with Gasteiger partial charge in [-0.15, -0.1) is 0 Å². The topological polar surface area (TPSA) is 84.2 Å². The number of carbonyl (C=O) groups is 2. The first-order valence-electron chi connectivity index (χ1n) is 5.41. The van der Waals surface area contributed by atoms with Gasteiger partial charge in [0.05, 0.1) is 10.6 Å². The molecule has 0 aromatic carbocycles. The van der Waals surface area contributed by atoms with Crippen molar-refractivity contribution in [2.45, 2.75) is 0 Å². The molecule has 0 spiro atoms. The molecule has 0 aliphatic heterocycles. The summed E-state index contributed by atoms with van der Waals surface area (Å²) < 4.78 is 1.42. The molecule has 0 radical (unpaired) electrons. The average molecular weight is 314 g/mol. The van der Waals surface area contributed by atoms with E-state index in [0.717, 1.165) is 0 Å². The second-order valence-corrected chi connectivity index (χ2v) is 4.68. The molecule has 2 aromatic rings. The van der Waals surface area contributed by atoms with Gasteiger partial charge >= 0.3 is 5.97 Å². The normalized spacial score (nSPS) is 10.3. The van der Waals surface area contributed by atoms with Crippen LogP contribution in [0.3, 0.4) is 0 Å². The fourth-order valence-corrected chi connectivity index (χ4v) is 1.95. The zero-order valence-corrected chi connectivity index (χ0v) is 11.7. The summed E-state index contributed by atoms with van der Waals surface area (Å²) in [5.74, 6) is -1.47.